The highest BCUT2D eigenvalue weighted by Gasteiger charge is 2.37. The second-order valence-electron chi connectivity index (χ2n) is 7.72. The van der Waals surface area contributed by atoms with Gasteiger partial charge in [-0.25, -0.2) is 8.42 Å². The van der Waals surface area contributed by atoms with Crippen LogP contribution in [-0.4, -0.2) is 33.2 Å². The van der Waals surface area contributed by atoms with Crippen LogP contribution in [0.5, 0.6) is 0 Å². The van der Waals surface area contributed by atoms with Crippen LogP contribution in [0.25, 0.3) is 0 Å². The van der Waals surface area contributed by atoms with Crippen LogP contribution in [0.4, 0.5) is 5.69 Å². The monoisotopic (exact) mass is 469 g/mol. The van der Waals surface area contributed by atoms with Crippen molar-refractivity contribution in [3.05, 3.63) is 95.6 Å². The molecular formula is C23H23N3O4S2. The zero-order chi connectivity index (χ0) is 22.9. The minimum Gasteiger partial charge on any atom is -0.284 e. The molecule has 0 bridgehead atoms. The number of benzene rings is 3. The van der Waals surface area contributed by atoms with Gasteiger partial charge in [-0.2, -0.15) is 17.9 Å². The number of aryl methyl sites for hydroxylation is 1. The first kappa shape index (κ1) is 22.0. The second kappa shape index (κ2) is 8.40. The molecule has 7 nitrogen and oxygen atoms in total. The summed E-state index contributed by atoms with van der Waals surface area (Å²) < 4.78 is 53.7. The molecule has 3 aromatic rings. The Morgan fingerprint density at radius 3 is 2.25 bits per heavy atom. The number of sulfonamides is 2. The minimum absolute atomic E-state index is 0.162. The first-order valence-electron chi connectivity index (χ1n) is 9.95. The molecule has 0 saturated carbocycles. The Balaban J connectivity index is 1.77. The van der Waals surface area contributed by atoms with Gasteiger partial charge in [0.05, 0.1) is 22.9 Å². The summed E-state index contributed by atoms with van der Waals surface area (Å²) in [5.74, 6) is 0. The van der Waals surface area contributed by atoms with Gasteiger partial charge >= 0.3 is 0 Å². The average Bonchev–Trinajstić information content (AvgIpc) is 3.20. The molecule has 0 fully saturated rings. The summed E-state index contributed by atoms with van der Waals surface area (Å²) in [7, 11) is -7.33. The van der Waals surface area contributed by atoms with Crippen LogP contribution in [0.2, 0.25) is 0 Å². The third-order valence-corrected chi connectivity index (χ3v) is 7.42. The fraction of sp³-hybridized carbons (Fsp3) is 0.174. The van der Waals surface area contributed by atoms with Crippen LogP contribution in [0.1, 0.15) is 29.2 Å². The van der Waals surface area contributed by atoms with E-state index in [9.17, 15) is 16.8 Å². The van der Waals surface area contributed by atoms with Crippen molar-refractivity contribution in [2.75, 3.05) is 11.0 Å². The van der Waals surface area contributed by atoms with Gasteiger partial charge < -0.3 is 0 Å². The summed E-state index contributed by atoms with van der Waals surface area (Å²) in [5.41, 5.74) is 3.52. The summed E-state index contributed by atoms with van der Waals surface area (Å²) in [6.07, 6.45) is 1.44. The van der Waals surface area contributed by atoms with E-state index in [0.29, 0.717) is 23.4 Å². The number of hydrogen-bond acceptors (Lipinski definition) is 5. The van der Waals surface area contributed by atoms with Crippen LogP contribution < -0.4 is 4.72 Å². The SMILES string of the molecule is Cc1ccc([C@@H]2CC(c3cccc(NS(C)(=O)=O)c3)=NN2S(=O)(=O)c2ccccc2)cc1. The Morgan fingerprint density at radius 2 is 1.59 bits per heavy atom. The molecule has 1 heterocycles. The third kappa shape index (κ3) is 4.68. The molecule has 0 unspecified atom stereocenters. The fourth-order valence-electron chi connectivity index (χ4n) is 3.60. The molecule has 166 valence electrons. The third-order valence-electron chi connectivity index (χ3n) is 5.12. The largest absolute Gasteiger partial charge is 0.284 e. The summed E-state index contributed by atoms with van der Waals surface area (Å²) in [6, 6.07) is 22.2. The Labute approximate surface area is 188 Å². The fourth-order valence-corrected chi connectivity index (χ4v) is 5.61. The van der Waals surface area contributed by atoms with E-state index in [-0.39, 0.29) is 4.90 Å². The van der Waals surface area contributed by atoms with E-state index in [1.807, 2.05) is 31.2 Å². The van der Waals surface area contributed by atoms with Gasteiger partial charge in [-0.05, 0) is 42.3 Å². The summed E-state index contributed by atoms with van der Waals surface area (Å²) >= 11 is 0. The highest BCUT2D eigenvalue weighted by atomic mass is 32.2. The number of nitrogens with one attached hydrogen (secondary N) is 1. The zero-order valence-corrected chi connectivity index (χ0v) is 19.3. The molecule has 32 heavy (non-hydrogen) atoms. The van der Waals surface area contributed by atoms with Gasteiger partial charge in [-0.3, -0.25) is 4.72 Å². The highest BCUT2D eigenvalue weighted by Crippen LogP contribution is 2.37. The number of rotatable bonds is 6. The smallest absolute Gasteiger partial charge is 0.279 e. The van der Waals surface area contributed by atoms with Crippen molar-refractivity contribution in [1.82, 2.24) is 4.41 Å². The molecule has 0 radical (unpaired) electrons. The molecular weight excluding hydrogens is 446 g/mol. The first-order valence-corrected chi connectivity index (χ1v) is 13.3. The maximum Gasteiger partial charge on any atom is 0.279 e. The highest BCUT2D eigenvalue weighted by molar-refractivity contribution is 7.92. The summed E-state index contributed by atoms with van der Waals surface area (Å²) in [6.45, 7) is 1.97. The number of hydrogen-bond donors (Lipinski definition) is 1. The van der Waals surface area contributed by atoms with Crippen molar-refractivity contribution in [2.45, 2.75) is 24.3 Å². The Morgan fingerprint density at radius 1 is 0.906 bits per heavy atom. The van der Waals surface area contributed by atoms with Crippen LogP contribution >= 0.6 is 0 Å². The van der Waals surface area contributed by atoms with Crippen molar-refractivity contribution in [2.24, 2.45) is 5.10 Å². The maximum atomic E-state index is 13.4. The van der Waals surface area contributed by atoms with E-state index >= 15 is 0 Å². The van der Waals surface area contributed by atoms with Crippen molar-refractivity contribution in [1.29, 1.82) is 0 Å². The lowest BCUT2D eigenvalue weighted by atomic mass is 9.98. The van der Waals surface area contributed by atoms with Crippen molar-refractivity contribution >= 4 is 31.4 Å². The van der Waals surface area contributed by atoms with Gasteiger partial charge in [0, 0.05) is 12.1 Å². The second-order valence-corrected chi connectivity index (χ2v) is 11.3. The quantitative estimate of drug-likeness (QED) is 0.592. The lowest BCUT2D eigenvalue weighted by molar-refractivity contribution is 0.371. The molecule has 4 rings (SSSR count). The van der Waals surface area contributed by atoms with Crippen molar-refractivity contribution in [3.8, 4) is 0 Å². The Hall–Kier alpha value is -3.17. The van der Waals surface area contributed by atoms with Gasteiger partial charge in [-0.15, -0.1) is 0 Å². The van der Waals surface area contributed by atoms with E-state index in [4.69, 9.17) is 0 Å². The van der Waals surface area contributed by atoms with Gasteiger partial charge in [0.15, 0.2) is 0 Å². The predicted octanol–water partition coefficient (Wildman–Crippen LogP) is 3.91. The zero-order valence-electron chi connectivity index (χ0n) is 17.6. The Kier molecular flexibility index (Phi) is 5.79. The molecule has 3 aromatic carbocycles. The van der Waals surface area contributed by atoms with Crippen LogP contribution in [0.3, 0.4) is 0 Å². The standard InChI is InChI=1S/C23H23N3O4S2/c1-17-11-13-18(14-12-17)23-16-22(19-7-6-8-20(15-19)25-31(2,27)28)24-26(23)32(29,30)21-9-4-3-5-10-21/h3-15,23,25H,16H2,1-2H3/t23-/m0/s1. The minimum atomic E-state index is -3.89. The van der Waals surface area contributed by atoms with E-state index < -0.39 is 26.1 Å². The molecule has 0 amide bonds. The van der Waals surface area contributed by atoms with Crippen LogP contribution in [0.15, 0.2) is 88.9 Å². The van der Waals surface area contributed by atoms with E-state index in [1.165, 1.54) is 4.41 Å². The lowest BCUT2D eigenvalue weighted by Crippen LogP contribution is -2.27. The maximum absolute atomic E-state index is 13.4. The lowest BCUT2D eigenvalue weighted by Gasteiger charge is -2.23. The Bertz CT molecular complexity index is 1370. The molecule has 9 heteroatoms. The van der Waals surface area contributed by atoms with Gasteiger partial charge in [-0.1, -0.05) is 60.2 Å². The summed E-state index contributed by atoms with van der Waals surface area (Å²) in [4.78, 5) is 0.162. The van der Waals surface area contributed by atoms with Gasteiger partial charge in [0.1, 0.15) is 0 Å². The molecule has 0 spiro atoms. The number of nitrogens with zero attached hydrogens (tertiary/aromatic N) is 2. The summed E-state index contributed by atoms with van der Waals surface area (Å²) in [5, 5.41) is 4.51. The first-order chi connectivity index (χ1) is 15.1. The number of hydrazone groups is 1. The van der Waals surface area contributed by atoms with Crippen molar-refractivity contribution < 1.29 is 16.8 Å². The van der Waals surface area contributed by atoms with E-state index in [2.05, 4.69) is 9.82 Å². The predicted molar refractivity (Wildman–Crippen MR) is 125 cm³/mol. The molecule has 1 N–H and O–H groups in total. The van der Waals surface area contributed by atoms with Crippen LogP contribution in [0, 0.1) is 6.92 Å². The topological polar surface area (TPSA) is 95.9 Å². The molecule has 1 aliphatic rings. The molecule has 0 saturated heterocycles. The molecule has 0 aromatic heterocycles. The molecule has 1 atom stereocenters. The van der Waals surface area contributed by atoms with Crippen LogP contribution in [-0.2, 0) is 20.0 Å². The molecule has 1 aliphatic heterocycles. The van der Waals surface area contributed by atoms with Gasteiger partial charge in [0.2, 0.25) is 10.0 Å². The van der Waals surface area contributed by atoms with Gasteiger partial charge in [0.25, 0.3) is 10.0 Å². The number of anilines is 1. The average molecular weight is 470 g/mol. The van der Waals surface area contributed by atoms with Crippen molar-refractivity contribution in [3.63, 3.8) is 0 Å². The van der Waals surface area contributed by atoms with E-state index in [1.54, 1.807) is 54.6 Å². The normalized spacial score (nSPS) is 16.6. The van der Waals surface area contributed by atoms with E-state index in [0.717, 1.165) is 17.4 Å². The molecule has 0 aliphatic carbocycles.